The van der Waals surface area contributed by atoms with Crippen LogP contribution in [0.3, 0.4) is 0 Å². The molecule has 0 aliphatic heterocycles. The van der Waals surface area contributed by atoms with E-state index in [1.165, 1.54) is 37.7 Å². The maximum Gasteiger partial charge on any atom is 0.340 e. The van der Waals surface area contributed by atoms with Crippen molar-refractivity contribution < 1.29 is 23.8 Å². The molecule has 6 nitrogen and oxygen atoms in total. The molecule has 0 unspecified atom stereocenters. The van der Waals surface area contributed by atoms with Gasteiger partial charge >= 0.3 is 5.97 Å². The van der Waals surface area contributed by atoms with Gasteiger partial charge in [-0.1, -0.05) is 6.07 Å². The molecule has 1 heterocycles. The average Bonchev–Trinajstić information content (AvgIpc) is 3.09. The first kappa shape index (κ1) is 16.8. The molecule has 23 heavy (non-hydrogen) atoms. The average molecular weight is 335 g/mol. The molecule has 7 heteroatoms. The van der Waals surface area contributed by atoms with Crippen molar-refractivity contribution in [2.24, 2.45) is 0 Å². The van der Waals surface area contributed by atoms with E-state index in [0.717, 1.165) is 0 Å². The maximum atomic E-state index is 12.2. The molecule has 1 aromatic heterocycles. The zero-order valence-electron chi connectivity index (χ0n) is 13.0. The highest BCUT2D eigenvalue weighted by molar-refractivity contribution is 7.12. The van der Waals surface area contributed by atoms with Crippen LogP contribution in [0.2, 0.25) is 0 Å². The van der Waals surface area contributed by atoms with Crippen molar-refractivity contribution in [1.82, 2.24) is 0 Å². The van der Waals surface area contributed by atoms with Crippen LogP contribution in [0.1, 0.15) is 27.0 Å². The molecule has 0 fully saturated rings. The van der Waals surface area contributed by atoms with Crippen molar-refractivity contribution in [3.8, 4) is 11.5 Å². The van der Waals surface area contributed by atoms with Crippen molar-refractivity contribution in [3.05, 3.63) is 40.1 Å². The summed E-state index contributed by atoms with van der Waals surface area (Å²) in [7, 11) is 2.95. The summed E-state index contributed by atoms with van der Waals surface area (Å²) < 4.78 is 15.4. The molecule has 0 spiro atoms. The molecule has 1 aromatic carbocycles. The van der Waals surface area contributed by atoms with Crippen molar-refractivity contribution in [3.63, 3.8) is 0 Å². The van der Waals surface area contributed by atoms with E-state index in [-0.39, 0.29) is 18.1 Å². The second-order valence-electron chi connectivity index (χ2n) is 4.40. The van der Waals surface area contributed by atoms with E-state index in [1.54, 1.807) is 24.4 Å². The van der Waals surface area contributed by atoms with E-state index >= 15 is 0 Å². The van der Waals surface area contributed by atoms with Gasteiger partial charge in [0.15, 0.2) is 11.5 Å². The van der Waals surface area contributed by atoms with E-state index < -0.39 is 5.97 Å². The van der Waals surface area contributed by atoms with Crippen LogP contribution in [0.4, 0.5) is 5.69 Å². The standard InChI is InChI=1S/C16H17NO5S/c1-4-22-16(19)10-8-12(20-2)13(21-3)9-11(10)17-15(18)14-6-5-7-23-14/h5-9H,4H2,1-3H3,(H,17,18). The predicted molar refractivity (Wildman–Crippen MR) is 87.8 cm³/mol. The summed E-state index contributed by atoms with van der Waals surface area (Å²) in [5, 5.41) is 4.51. The minimum Gasteiger partial charge on any atom is -0.493 e. The molecule has 0 aliphatic carbocycles. The van der Waals surface area contributed by atoms with E-state index in [0.29, 0.717) is 22.1 Å². The Labute approximate surface area is 138 Å². The third-order valence-electron chi connectivity index (χ3n) is 3.01. The Morgan fingerprint density at radius 3 is 2.43 bits per heavy atom. The number of benzene rings is 1. The van der Waals surface area contributed by atoms with Crippen LogP contribution in [-0.4, -0.2) is 32.7 Å². The number of hydrogen-bond donors (Lipinski definition) is 1. The van der Waals surface area contributed by atoms with Gasteiger partial charge in [0, 0.05) is 12.1 Å². The number of carbonyl (C=O) groups excluding carboxylic acids is 2. The molecule has 0 atom stereocenters. The SMILES string of the molecule is CCOC(=O)c1cc(OC)c(OC)cc1NC(=O)c1cccs1. The van der Waals surface area contributed by atoms with Gasteiger partial charge in [-0.25, -0.2) is 4.79 Å². The lowest BCUT2D eigenvalue weighted by Crippen LogP contribution is -2.15. The molecular formula is C16H17NO5S. The first-order chi connectivity index (χ1) is 11.1. The quantitative estimate of drug-likeness (QED) is 0.821. The summed E-state index contributed by atoms with van der Waals surface area (Å²) in [6.45, 7) is 1.94. The van der Waals surface area contributed by atoms with Gasteiger partial charge in [-0.3, -0.25) is 4.79 Å². The zero-order valence-corrected chi connectivity index (χ0v) is 13.9. The number of hydrogen-bond acceptors (Lipinski definition) is 6. The Kier molecular flexibility index (Phi) is 5.59. The van der Waals surface area contributed by atoms with Crippen LogP contribution in [0.15, 0.2) is 29.6 Å². The monoisotopic (exact) mass is 335 g/mol. The lowest BCUT2D eigenvalue weighted by atomic mass is 10.1. The molecular weight excluding hydrogens is 318 g/mol. The molecule has 1 amide bonds. The number of methoxy groups -OCH3 is 2. The molecule has 2 rings (SSSR count). The Hall–Kier alpha value is -2.54. The lowest BCUT2D eigenvalue weighted by molar-refractivity contribution is 0.0527. The van der Waals surface area contributed by atoms with E-state index in [1.807, 2.05) is 0 Å². The van der Waals surface area contributed by atoms with Crippen molar-refractivity contribution in [2.75, 3.05) is 26.1 Å². The summed E-state index contributed by atoms with van der Waals surface area (Å²) in [4.78, 5) is 24.9. The topological polar surface area (TPSA) is 73.9 Å². The van der Waals surface area contributed by atoms with Crippen LogP contribution in [0.5, 0.6) is 11.5 Å². The van der Waals surface area contributed by atoms with Gasteiger partial charge in [-0.05, 0) is 18.4 Å². The second-order valence-corrected chi connectivity index (χ2v) is 5.35. The van der Waals surface area contributed by atoms with Gasteiger partial charge in [-0.15, -0.1) is 11.3 Å². The molecule has 0 saturated heterocycles. The highest BCUT2D eigenvalue weighted by Crippen LogP contribution is 2.34. The van der Waals surface area contributed by atoms with Gasteiger partial charge in [0.2, 0.25) is 0 Å². The van der Waals surface area contributed by atoms with Gasteiger partial charge in [0.05, 0.1) is 37.0 Å². The van der Waals surface area contributed by atoms with Crippen LogP contribution in [0, 0.1) is 0 Å². The van der Waals surface area contributed by atoms with Gasteiger partial charge in [-0.2, -0.15) is 0 Å². The number of rotatable bonds is 6. The number of ether oxygens (including phenoxy) is 3. The van der Waals surface area contributed by atoms with E-state index in [2.05, 4.69) is 5.32 Å². The van der Waals surface area contributed by atoms with Crippen molar-refractivity contribution >= 4 is 28.9 Å². The number of amides is 1. The Bertz CT molecular complexity index is 697. The largest absolute Gasteiger partial charge is 0.493 e. The fraction of sp³-hybridized carbons (Fsp3) is 0.250. The lowest BCUT2D eigenvalue weighted by Gasteiger charge is -2.14. The van der Waals surface area contributed by atoms with Crippen LogP contribution in [0.25, 0.3) is 0 Å². The third kappa shape index (κ3) is 3.81. The Morgan fingerprint density at radius 1 is 1.17 bits per heavy atom. The van der Waals surface area contributed by atoms with Gasteiger partial charge < -0.3 is 19.5 Å². The summed E-state index contributed by atoms with van der Waals surface area (Å²) in [5.74, 6) is -0.0700. The molecule has 0 saturated carbocycles. The molecule has 0 bridgehead atoms. The number of esters is 1. The number of anilines is 1. The maximum absolute atomic E-state index is 12.2. The highest BCUT2D eigenvalue weighted by Gasteiger charge is 2.20. The van der Waals surface area contributed by atoms with Crippen LogP contribution in [-0.2, 0) is 4.74 Å². The minimum absolute atomic E-state index is 0.203. The first-order valence-corrected chi connectivity index (χ1v) is 7.76. The van der Waals surface area contributed by atoms with Gasteiger partial charge in [0.25, 0.3) is 5.91 Å². The van der Waals surface area contributed by atoms with Crippen LogP contribution < -0.4 is 14.8 Å². The minimum atomic E-state index is -0.546. The summed E-state index contributed by atoms with van der Waals surface area (Å²) in [6, 6.07) is 6.50. The fourth-order valence-electron chi connectivity index (χ4n) is 1.95. The normalized spacial score (nSPS) is 10.0. The Morgan fingerprint density at radius 2 is 1.87 bits per heavy atom. The van der Waals surface area contributed by atoms with Crippen LogP contribution >= 0.6 is 11.3 Å². The van der Waals surface area contributed by atoms with Crippen molar-refractivity contribution in [1.29, 1.82) is 0 Å². The second kappa shape index (κ2) is 7.64. The zero-order chi connectivity index (χ0) is 16.8. The first-order valence-electron chi connectivity index (χ1n) is 6.88. The Balaban J connectivity index is 2.42. The molecule has 1 N–H and O–H groups in total. The predicted octanol–water partition coefficient (Wildman–Crippen LogP) is 3.19. The fourth-order valence-corrected chi connectivity index (χ4v) is 2.57. The van der Waals surface area contributed by atoms with Crippen molar-refractivity contribution in [2.45, 2.75) is 6.92 Å². The molecule has 2 aromatic rings. The third-order valence-corrected chi connectivity index (χ3v) is 3.88. The number of nitrogens with one attached hydrogen (secondary N) is 1. The van der Waals surface area contributed by atoms with Gasteiger partial charge in [0.1, 0.15) is 0 Å². The summed E-state index contributed by atoms with van der Waals surface area (Å²) >= 11 is 1.31. The number of thiophene rings is 1. The molecule has 0 aliphatic rings. The smallest absolute Gasteiger partial charge is 0.340 e. The summed E-state index contributed by atoms with van der Waals surface area (Å²) in [6.07, 6.45) is 0. The van der Waals surface area contributed by atoms with E-state index in [9.17, 15) is 9.59 Å². The summed E-state index contributed by atoms with van der Waals surface area (Å²) in [5.41, 5.74) is 0.508. The number of carbonyl (C=O) groups is 2. The molecule has 122 valence electrons. The van der Waals surface area contributed by atoms with E-state index in [4.69, 9.17) is 14.2 Å². The highest BCUT2D eigenvalue weighted by atomic mass is 32.1. The molecule has 0 radical (unpaired) electrons.